The molecule has 1 saturated carbocycles. The number of nitrogens with one attached hydrogen (secondary N) is 1. The summed E-state index contributed by atoms with van der Waals surface area (Å²) in [5.74, 6) is 1.98. The highest BCUT2D eigenvalue weighted by atomic mass is 35.5. The fourth-order valence-electron chi connectivity index (χ4n) is 1.52. The van der Waals surface area contributed by atoms with E-state index in [0.29, 0.717) is 11.9 Å². The molecule has 0 amide bonds. The maximum atomic E-state index is 5.85. The predicted octanol–water partition coefficient (Wildman–Crippen LogP) is 1.80. The molecule has 0 atom stereocenters. The lowest BCUT2D eigenvalue weighted by Crippen LogP contribution is -2.23. The van der Waals surface area contributed by atoms with Crippen molar-refractivity contribution < 1.29 is 0 Å². The van der Waals surface area contributed by atoms with E-state index in [1.54, 1.807) is 0 Å². The monoisotopic (exact) mass is 241 g/mol. The molecule has 6 heteroatoms. The van der Waals surface area contributed by atoms with E-state index in [4.69, 9.17) is 11.6 Å². The molecule has 1 aromatic rings. The van der Waals surface area contributed by atoms with Gasteiger partial charge in [-0.2, -0.15) is 15.0 Å². The Morgan fingerprint density at radius 1 is 1.38 bits per heavy atom. The highest BCUT2D eigenvalue weighted by Gasteiger charge is 2.24. The normalized spacial score (nSPS) is 14.9. The van der Waals surface area contributed by atoms with Crippen molar-refractivity contribution in [2.45, 2.75) is 19.8 Å². The first kappa shape index (κ1) is 11.4. The van der Waals surface area contributed by atoms with Gasteiger partial charge in [-0.1, -0.05) is 0 Å². The van der Waals surface area contributed by atoms with Gasteiger partial charge in [0.05, 0.1) is 0 Å². The van der Waals surface area contributed by atoms with E-state index >= 15 is 0 Å². The summed E-state index contributed by atoms with van der Waals surface area (Å²) in [5, 5.41) is 3.28. The molecule has 1 aromatic heterocycles. The standard InChI is InChI=1S/C10H16ClN5/c1-3-12-9-13-8(11)14-10(15-9)16(2)6-7-4-5-7/h7H,3-6H2,1-2H3,(H,12,13,14,15). The molecule has 0 bridgehead atoms. The van der Waals surface area contributed by atoms with Crippen LogP contribution in [0.2, 0.25) is 5.28 Å². The number of hydrogen-bond donors (Lipinski definition) is 1. The Kier molecular flexibility index (Phi) is 3.43. The van der Waals surface area contributed by atoms with Crippen LogP contribution < -0.4 is 10.2 Å². The molecule has 0 saturated heterocycles. The van der Waals surface area contributed by atoms with Crippen LogP contribution in [-0.4, -0.2) is 35.1 Å². The Labute approximate surface area is 100 Å². The lowest BCUT2D eigenvalue weighted by molar-refractivity contribution is 0.760. The molecule has 1 N–H and O–H groups in total. The van der Waals surface area contributed by atoms with E-state index in [1.807, 2.05) is 18.9 Å². The number of aromatic nitrogens is 3. The largest absolute Gasteiger partial charge is 0.354 e. The van der Waals surface area contributed by atoms with E-state index in [-0.39, 0.29) is 5.28 Å². The van der Waals surface area contributed by atoms with Crippen molar-refractivity contribution in [1.82, 2.24) is 15.0 Å². The van der Waals surface area contributed by atoms with Crippen molar-refractivity contribution in [2.75, 3.05) is 30.4 Å². The van der Waals surface area contributed by atoms with Gasteiger partial charge in [0.1, 0.15) is 0 Å². The average molecular weight is 242 g/mol. The Hall–Kier alpha value is -1.10. The van der Waals surface area contributed by atoms with Gasteiger partial charge in [0.2, 0.25) is 17.2 Å². The Morgan fingerprint density at radius 3 is 2.75 bits per heavy atom. The summed E-state index contributed by atoms with van der Waals surface area (Å²) in [5.41, 5.74) is 0. The minimum absolute atomic E-state index is 0.239. The summed E-state index contributed by atoms with van der Waals surface area (Å²) in [7, 11) is 1.99. The third kappa shape index (κ3) is 2.95. The van der Waals surface area contributed by atoms with Crippen LogP contribution in [0.15, 0.2) is 0 Å². The molecule has 0 radical (unpaired) electrons. The third-order valence-corrected chi connectivity index (χ3v) is 2.67. The van der Waals surface area contributed by atoms with Gasteiger partial charge in [0.25, 0.3) is 0 Å². The fraction of sp³-hybridized carbons (Fsp3) is 0.700. The second-order valence-electron chi connectivity index (χ2n) is 4.08. The zero-order valence-corrected chi connectivity index (χ0v) is 10.3. The number of halogens is 1. The van der Waals surface area contributed by atoms with Crippen molar-refractivity contribution in [3.63, 3.8) is 0 Å². The van der Waals surface area contributed by atoms with E-state index in [9.17, 15) is 0 Å². The lowest BCUT2D eigenvalue weighted by Gasteiger charge is -2.17. The van der Waals surface area contributed by atoms with Crippen LogP contribution in [0.5, 0.6) is 0 Å². The second kappa shape index (κ2) is 4.82. The maximum absolute atomic E-state index is 5.85. The molecule has 1 fully saturated rings. The SMILES string of the molecule is CCNc1nc(Cl)nc(N(C)CC2CC2)n1. The summed E-state index contributed by atoms with van der Waals surface area (Å²) in [6.07, 6.45) is 2.62. The van der Waals surface area contributed by atoms with Gasteiger partial charge in [-0.25, -0.2) is 0 Å². The van der Waals surface area contributed by atoms with Crippen LogP contribution in [0.3, 0.4) is 0 Å². The van der Waals surface area contributed by atoms with Gasteiger partial charge < -0.3 is 10.2 Å². The van der Waals surface area contributed by atoms with E-state index in [2.05, 4.69) is 20.3 Å². The van der Waals surface area contributed by atoms with E-state index in [0.717, 1.165) is 19.0 Å². The van der Waals surface area contributed by atoms with Crippen LogP contribution in [0, 0.1) is 5.92 Å². The summed E-state index contributed by atoms with van der Waals surface area (Å²) >= 11 is 5.85. The average Bonchev–Trinajstić information content (AvgIpc) is 3.01. The lowest BCUT2D eigenvalue weighted by atomic mass is 10.4. The van der Waals surface area contributed by atoms with Crippen molar-refractivity contribution >= 4 is 23.5 Å². The van der Waals surface area contributed by atoms with Crippen molar-refractivity contribution in [3.8, 4) is 0 Å². The highest BCUT2D eigenvalue weighted by Crippen LogP contribution is 2.30. The molecule has 16 heavy (non-hydrogen) atoms. The van der Waals surface area contributed by atoms with Gasteiger partial charge in [-0.3, -0.25) is 0 Å². The van der Waals surface area contributed by atoms with Crippen LogP contribution in [0.1, 0.15) is 19.8 Å². The highest BCUT2D eigenvalue weighted by molar-refractivity contribution is 6.28. The Bertz CT molecular complexity index is 366. The molecular weight excluding hydrogens is 226 g/mol. The second-order valence-corrected chi connectivity index (χ2v) is 4.42. The molecule has 2 rings (SSSR count). The number of nitrogens with zero attached hydrogens (tertiary/aromatic N) is 4. The predicted molar refractivity (Wildman–Crippen MR) is 65.0 cm³/mol. The molecule has 1 aliphatic carbocycles. The Morgan fingerprint density at radius 2 is 2.12 bits per heavy atom. The summed E-state index contributed by atoms with van der Waals surface area (Å²) in [4.78, 5) is 14.5. The summed E-state index contributed by atoms with van der Waals surface area (Å²) in [6, 6.07) is 0. The molecule has 0 unspecified atom stereocenters. The summed E-state index contributed by atoms with van der Waals surface area (Å²) < 4.78 is 0. The molecule has 88 valence electrons. The van der Waals surface area contributed by atoms with Crippen molar-refractivity contribution in [2.24, 2.45) is 5.92 Å². The summed E-state index contributed by atoms with van der Waals surface area (Å²) in [6.45, 7) is 3.75. The van der Waals surface area contributed by atoms with Crippen LogP contribution in [-0.2, 0) is 0 Å². The first-order valence-corrected chi connectivity index (χ1v) is 5.93. The van der Waals surface area contributed by atoms with Gasteiger partial charge >= 0.3 is 0 Å². The zero-order chi connectivity index (χ0) is 11.5. The molecule has 1 heterocycles. The Balaban J connectivity index is 2.11. The number of rotatable bonds is 5. The minimum atomic E-state index is 0.239. The molecule has 0 spiro atoms. The number of anilines is 2. The first-order chi connectivity index (χ1) is 7.69. The van der Waals surface area contributed by atoms with Gasteiger partial charge in [0, 0.05) is 20.1 Å². The van der Waals surface area contributed by atoms with Crippen LogP contribution in [0.4, 0.5) is 11.9 Å². The quantitative estimate of drug-likeness (QED) is 0.852. The van der Waals surface area contributed by atoms with Crippen LogP contribution >= 0.6 is 11.6 Å². The molecule has 5 nitrogen and oxygen atoms in total. The van der Waals surface area contributed by atoms with Crippen LogP contribution in [0.25, 0.3) is 0 Å². The van der Waals surface area contributed by atoms with Gasteiger partial charge in [0.15, 0.2) is 0 Å². The first-order valence-electron chi connectivity index (χ1n) is 5.55. The zero-order valence-electron chi connectivity index (χ0n) is 9.57. The van der Waals surface area contributed by atoms with Gasteiger partial charge in [-0.05, 0) is 37.3 Å². The number of hydrogen-bond acceptors (Lipinski definition) is 5. The molecule has 0 aromatic carbocycles. The van der Waals surface area contributed by atoms with E-state index < -0.39 is 0 Å². The van der Waals surface area contributed by atoms with E-state index in [1.165, 1.54) is 12.8 Å². The minimum Gasteiger partial charge on any atom is -0.354 e. The van der Waals surface area contributed by atoms with Crippen molar-refractivity contribution in [1.29, 1.82) is 0 Å². The smallest absolute Gasteiger partial charge is 0.231 e. The van der Waals surface area contributed by atoms with Gasteiger partial charge in [-0.15, -0.1) is 0 Å². The molecule has 0 aliphatic heterocycles. The fourth-order valence-corrected chi connectivity index (χ4v) is 1.67. The molecule has 1 aliphatic rings. The molecular formula is C10H16ClN5. The maximum Gasteiger partial charge on any atom is 0.231 e. The topological polar surface area (TPSA) is 53.9 Å². The van der Waals surface area contributed by atoms with Crippen molar-refractivity contribution in [3.05, 3.63) is 5.28 Å². The third-order valence-electron chi connectivity index (χ3n) is 2.50.